The van der Waals surface area contributed by atoms with E-state index in [0.717, 1.165) is 50.1 Å². The molecule has 2 aliphatic rings. The molecule has 0 bridgehead atoms. The molecule has 114 valence electrons. The van der Waals surface area contributed by atoms with Crippen molar-refractivity contribution in [1.29, 1.82) is 0 Å². The highest BCUT2D eigenvalue weighted by Crippen LogP contribution is 2.31. The fraction of sp³-hybridized carbons (Fsp3) is 0.588. The molecule has 0 aromatic heterocycles. The van der Waals surface area contributed by atoms with Crippen molar-refractivity contribution in [2.24, 2.45) is 5.73 Å². The molecule has 1 heterocycles. The molecule has 4 heteroatoms. The Kier molecular flexibility index (Phi) is 4.15. The summed E-state index contributed by atoms with van der Waals surface area (Å²) in [6.07, 6.45) is 7.34. The molecular formula is C17H25N3O. The van der Waals surface area contributed by atoms with Crippen molar-refractivity contribution < 1.29 is 4.79 Å². The van der Waals surface area contributed by atoms with Crippen molar-refractivity contribution in [3.05, 3.63) is 24.3 Å². The van der Waals surface area contributed by atoms with E-state index in [1.807, 2.05) is 18.2 Å². The summed E-state index contributed by atoms with van der Waals surface area (Å²) >= 11 is 0. The third-order valence-corrected chi connectivity index (χ3v) is 4.80. The Labute approximate surface area is 126 Å². The largest absolute Gasteiger partial charge is 0.370 e. The van der Waals surface area contributed by atoms with Gasteiger partial charge in [0.15, 0.2) is 0 Å². The van der Waals surface area contributed by atoms with Gasteiger partial charge >= 0.3 is 0 Å². The van der Waals surface area contributed by atoms with Crippen LogP contribution in [0.25, 0.3) is 0 Å². The van der Waals surface area contributed by atoms with Crippen LogP contribution in [0.15, 0.2) is 24.3 Å². The minimum atomic E-state index is -0.684. The number of carbonyl (C=O) groups excluding carboxylic acids is 1. The average Bonchev–Trinajstić information content (AvgIpc) is 3.02. The third-order valence-electron chi connectivity index (χ3n) is 4.80. The molecule has 2 fully saturated rings. The van der Waals surface area contributed by atoms with Crippen molar-refractivity contribution in [2.45, 2.75) is 50.5 Å². The maximum absolute atomic E-state index is 12.6. The number of amides is 1. The molecule has 3 N–H and O–H groups in total. The molecule has 1 aliphatic heterocycles. The number of benzene rings is 1. The lowest BCUT2D eigenvalue weighted by atomic mass is 9.82. The zero-order chi connectivity index (χ0) is 14.7. The monoisotopic (exact) mass is 287 g/mol. The Hall–Kier alpha value is -1.55. The molecule has 3 rings (SSSR count). The summed E-state index contributed by atoms with van der Waals surface area (Å²) in [6, 6.07) is 8.07. The second kappa shape index (κ2) is 6.06. The molecule has 0 unspecified atom stereocenters. The van der Waals surface area contributed by atoms with Crippen molar-refractivity contribution in [2.75, 3.05) is 23.3 Å². The summed E-state index contributed by atoms with van der Waals surface area (Å²) in [7, 11) is 0. The first kappa shape index (κ1) is 14.4. The highest BCUT2D eigenvalue weighted by atomic mass is 16.2. The van der Waals surface area contributed by atoms with E-state index < -0.39 is 5.54 Å². The number of nitrogens with two attached hydrogens (primary N) is 1. The Bertz CT molecular complexity index is 503. The molecule has 0 atom stereocenters. The van der Waals surface area contributed by atoms with Crippen LogP contribution in [-0.4, -0.2) is 24.5 Å². The minimum Gasteiger partial charge on any atom is -0.370 e. The van der Waals surface area contributed by atoms with Crippen LogP contribution in [0.5, 0.6) is 0 Å². The molecule has 1 amide bonds. The van der Waals surface area contributed by atoms with Gasteiger partial charge in [0.1, 0.15) is 0 Å². The zero-order valence-corrected chi connectivity index (χ0v) is 12.6. The molecule has 0 radical (unpaired) electrons. The van der Waals surface area contributed by atoms with Gasteiger partial charge in [-0.2, -0.15) is 0 Å². The Balaban J connectivity index is 1.76. The number of nitrogens with zero attached hydrogens (tertiary/aromatic N) is 1. The van der Waals surface area contributed by atoms with E-state index in [4.69, 9.17) is 5.73 Å². The van der Waals surface area contributed by atoms with Gasteiger partial charge in [0.05, 0.1) is 16.9 Å². The van der Waals surface area contributed by atoms with Crippen LogP contribution >= 0.6 is 0 Å². The Morgan fingerprint density at radius 2 is 1.71 bits per heavy atom. The lowest BCUT2D eigenvalue weighted by Gasteiger charge is -2.32. The first-order valence-electron chi connectivity index (χ1n) is 8.13. The number of carbonyl (C=O) groups is 1. The molecule has 1 aliphatic carbocycles. The molecule has 1 aromatic carbocycles. The normalized spacial score (nSPS) is 21.3. The number of rotatable bonds is 3. The lowest BCUT2D eigenvalue weighted by molar-refractivity contribution is -0.122. The van der Waals surface area contributed by atoms with Gasteiger partial charge in [-0.05, 0) is 37.8 Å². The highest BCUT2D eigenvalue weighted by molar-refractivity contribution is 6.00. The summed E-state index contributed by atoms with van der Waals surface area (Å²) in [5.41, 5.74) is 7.67. The molecule has 4 nitrogen and oxygen atoms in total. The van der Waals surface area contributed by atoms with Gasteiger partial charge in [-0.1, -0.05) is 31.4 Å². The van der Waals surface area contributed by atoms with Crippen molar-refractivity contribution in [1.82, 2.24) is 0 Å². The van der Waals surface area contributed by atoms with E-state index in [1.165, 1.54) is 19.3 Å². The molecule has 1 saturated carbocycles. The van der Waals surface area contributed by atoms with E-state index >= 15 is 0 Å². The van der Waals surface area contributed by atoms with Gasteiger partial charge in [0, 0.05) is 13.1 Å². The summed E-state index contributed by atoms with van der Waals surface area (Å²) in [5, 5.41) is 3.09. The van der Waals surface area contributed by atoms with Crippen LogP contribution in [0, 0.1) is 0 Å². The van der Waals surface area contributed by atoms with Crippen molar-refractivity contribution in [3.8, 4) is 0 Å². The van der Waals surface area contributed by atoms with Crippen LogP contribution in [-0.2, 0) is 4.79 Å². The molecule has 1 aromatic rings. The van der Waals surface area contributed by atoms with E-state index in [-0.39, 0.29) is 5.91 Å². The van der Waals surface area contributed by atoms with Gasteiger partial charge in [-0.3, -0.25) is 4.79 Å². The lowest BCUT2D eigenvalue weighted by Crippen LogP contribution is -2.52. The smallest absolute Gasteiger partial charge is 0.244 e. The number of para-hydroxylation sites is 2. The van der Waals surface area contributed by atoms with Crippen LogP contribution in [0.1, 0.15) is 44.9 Å². The van der Waals surface area contributed by atoms with Gasteiger partial charge < -0.3 is 16.0 Å². The third kappa shape index (κ3) is 3.05. The minimum absolute atomic E-state index is 0.0196. The number of hydrogen-bond acceptors (Lipinski definition) is 3. The number of hydrogen-bond donors (Lipinski definition) is 2. The fourth-order valence-electron chi connectivity index (χ4n) is 3.47. The van der Waals surface area contributed by atoms with Crippen LogP contribution in [0.3, 0.4) is 0 Å². The van der Waals surface area contributed by atoms with Crippen molar-refractivity contribution in [3.63, 3.8) is 0 Å². The predicted molar refractivity (Wildman–Crippen MR) is 86.5 cm³/mol. The number of nitrogens with one attached hydrogen (secondary N) is 1. The van der Waals surface area contributed by atoms with Crippen LogP contribution in [0.4, 0.5) is 11.4 Å². The summed E-state index contributed by atoms with van der Waals surface area (Å²) in [5.74, 6) is -0.0196. The van der Waals surface area contributed by atoms with Crippen LogP contribution in [0.2, 0.25) is 0 Å². The van der Waals surface area contributed by atoms with Crippen LogP contribution < -0.4 is 16.0 Å². The van der Waals surface area contributed by atoms with E-state index in [0.29, 0.717) is 0 Å². The summed E-state index contributed by atoms with van der Waals surface area (Å²) in [4.78, 5) is 14.9. The second-order valence-electron chi connectivity index (χ2n) is 6.38. The average molecular weight is 287 g/mol. The Morgan fingerprint density at radius 3 is 2.43 bits per heavy atom. The predicted octanol–water partition coefficient (Wildman–Crippen LogP) is 2.89. The van der Waals surface area contributed by atoms with Crippen molar-refractivity contribution >= 4 is 17.3 Å². The van der Waals surface area contributed by atoms with Gasteiger partial charge in [0.2, 0.25) is 5.91 Å². The SMILES string of the molecule is NC1(C(=O)Nc2ccccc2N2CCCC2)CCCCC1. The number of anilines is 2. The topological polar surface area (TPSA) is 58.4 Å². The zero-order valence-electron chi connectivity index (χ0n) is 12.6. The first-order chi connectivity index (χ1) is 10.2. The summed E-state index contributed by atoms with van der Waals surface area (Å²) < 4.78 is 0. The molecular weight excluding hydrogens is 262 g/mol. The first-order valence-corrected chi connectivity index (χ1v) is 8.13. The highest BCUT2D eigenvalue weighted by Gasteiger charge is 2.35. The Morgan fingerprint density at radius 1 is 1.05 bits per heavy atom. The fourth-order valence-corrected chi connectivity index (χ4v) is 3.47. The van der Waals surface area contributed by atoms with Gasteiger partial charge in [-0.15, -0.1) is 0 Å². The van der Waals surface area contributed by atoms with E-state index in [2.05, 4.69) is 16.3 Å². The molecule has 1 saturated heterocycles. The van der Waals surface area contributed by atoms with E-state index in [1.54, 1.807) is 0 Å². The maximum atomic E-state index is 12.6. The molecule has 21 heavy (non-hydrogen) atoms. The van der Waals surface area contributed by atoms with Gasteiger partial charge in [-0.25, -0.2) is 0 Å². The van der Waals surface area contributed by atoms with E-state index in [9.17, 15) is 4.79 Å². The summed E-state index contributed by atoms with van der Waals surface area (Å²) in [6.45, 7) is 2.14. The standard InChI is InChI=1S/C17H25N3O/c18-17(10-4-1-5-11-17)16(21)19-14-8-2-3-9-15(14)20-12-6-7-13-20/h2-3,8-9H,1,4-7,10-13,18H2,(H,19,21). The quantitative estimate of drug-likeness (QED) is 0.898. The molecule has 0 spiro atoms. The van der Waals surface area contributed by atoms with Gasteiger partial charge in [0.25, 0.3) is 0 Å². The second-order valence-corrected chi connectivity index (χ2v) is 6.38. The maximum Gasteiger partial charge on any atom is 0.244 e.